The molecule has 1 N–H and O–H groups in total. The molecule has 17 heavy (non-hydrogen) atoms. The zero-order valence-corrected chi connectivity index (χ0v) is 11.3. The minimum absolute atomic E-state index is 0.731. The first-order valence-electron chi connectivity index (χ1n) is 8.01. The lowest BCUT2D eigenvalue weighted by atomic mass is 9.54. The van der Waals surface area contributed by atoms with Crippen LogP contribution in [0.3, 0.4) is 0 Å². The predicted octanol–water partition coefficient (Wildman–Crippen LogP) is 3.59. The van der Waals surface area contributed by atoms with Crippen LogP contribution < -0.4 is 5.32 Å². The standard InChI is InChI=1S/C16H27N/c1-2-16(3-4-16)10-17-15-13-6-11-5-12(8-13)9-14(15)7-11/h11-15,17H,2-10H2,1H3. The fourth-order valence-corrected chi connectivity index (χ4v) is 5.42. The second kappa shape index (κ2) is 3.73. The van der Waals surface area contributed by atoms with Gasteiger partial charge in [-0.15, -0.1) is 0 Å². The van der Waals surface area contributed by atoms with Gasteiger partial charge in [0, 0.05) is 12.6 Å². The van der Waals surface area contributed by atoms with E-state index in [0.29, 0.717) is 0 Å². The van der Waals surface area contributed by atoms with Gasteiger partial charge in [0.15, 0.2) is 0 Å². The van der Waals surface area contributed by atoms with Crippen molar-refractivity contribution < 1.29 is 0 Å². The quantitative estimate of drug-likeness (QED) is 0.782. The zero-order chi connectivity index (χ0) is 11.5. The van der Waals surface area contributed by atoms with E-state index in [9.17, 15) is 0 Å². The van der Waals surface area contributed by atoms with Gasteiger partial charge in [0.25, 0.3) is 0 Å². The van der Waals surface area contributed by atoms with E-state index >= 15 is 0 Å². The molecule has 5 rings (SSSR count). The van der Waals surface area contributed by atoms with E-state index in [2.05, 4.69) is 12.2 Å². The lowest BCUT2D eigenvalue weighted by molar-refractivity contribution is -0.0152. The molecular weight excluding hydrogens is 206 g/mol. The maximum atomic E-state index is 4.02. The normalized spacial score (nSPS) is 49.6. The molecule has 0 saturated heterocycles. The lowest BCUT2D eigenvalue weighted by Gasteiger charge is -2.54. The van der Waals surface area contributed by atoms with Crippen LogP contribution in [0.5, 0.6) is 0 Å². The van der Waals surface area contributed by atoms with Gasteiger partial charge in [0.05, 0.1) is 0 Å². The summed E-state index contributed by atoms with van der Waals surface area (Å²) < 4.78 is 0. The van der Waals surface area contributed by atoms with Gasteiger partial charge in [-0.3, -0.25) is 0 Å². The molecule has 1 heteroatoms. The summed E-state index contributed by atoms with van der Waals surface area (Å²) in [6.45, 7) is 3.71. The van der Waals surface area contributed by atoms with Gasteiger partial charge in [-0.25, -0.2) is 0 Å². The molecule has 5 aliphatic carbocycles. The average Bonchev–Trinajstić information content (AvgIpc) is 3.08. The summed E-state index contributed by atoms with van der Waals surface area (Å²) in [5.74, 6) is 4.35. The van der Waals surface area contributed by atoms with Crippen molar-refractivity contribution in [1.82, 2.24) is 5.32 Å². The predicted molar refractivity (Wildman–Crippen MR) is 70.8 cm³/mol. The first kappa shape index (κ1) is 10.8. The Labute approximate surface area is 106 Å². The summed E-state index contributed by atoms with van der Waals surface area (Å²) in [5, 5.41) is 4.02. The smallest absolute Gasteiger partial charge is 0.0124 e. The van der Waals surface area contributed by atoms with E-state index in [-0.39, 0.29) is 0 Å². The number of hydrogen-bond donors (Lipinski definition) is 1. The van der Waals surface area contributed by atoms with E-state index in [1.165, 1.54) is 25.8 Å². The van der Waals surface area contributed by atoms with Crippen molar-refractivity contribution in [2.75, 3.05) is 6.54 Å². The SMILES string of the molecule is CCC1(CNC2C3CC4CC(C3)CC2C4)CC1. The Hall–Kier alpha value is -0.0400. The van der Waals surface area contributed by atoms with Crippen molar-refractivity contribution in [3.05, 3.63) is 0 Å². The number of rotatable bonds is 4. The van der Waals surface area contributed by atoms with Crippen LogP contribution in [0.4, 0.5) is 0 Å². The highest BCUT2D eigenvalue weighted by Crippen LogP contribution is 2.54. The molecule has 5 fully saturated rings. The Morgan fingerprint density at radius 2 is 1.53 bits per heavy atom. The summed E-state index contributed by atoms with van der Waals surface area (Å²) in [7, 11) is 0. The summed E-state index contributed by atoms with van der Waals surface area (Å²) in [5.41, 5.74) is 0.731. The Kier molecular flexibility index (Phi) is 2.38. The third kappa shape index (κ3) is 1.77. The van der Waals surface area contributed by atoms with Crippen LogP contribution in [0.15, 0.2) is 0 Å². The molecular formula is C16H27N. The van der Waals surface area contributed by atoms with Crippen LogP contribution in [0.2, 0.25) is 0 Å². The van der Waals surface area contributed by atoms with Gasteiger partial charge in [-0.05, 0) is 80.5 Å². The van der Waals surface area contributed by atoms with Crippen molar-refractivity contribution in [1.29, 1.82) is 0 Å². The molecule has 0 aromatic rings. The molecule has 5 aliphatic rings. The van der Waals surface area contributed by atoms with Gasteiger partial charge < -0.3 is 5.32 Å². The Bertz CT molecular complexity index is 277. The van der Waals surface area contributed by atoms with E-state index in [1.807, 2.05) is 0 Å². The van der Waals surface area contributed by atoms with Gasteiger partial charge in [-0.2, -0.15) is 0 Å². The van der Waals surface area contributed by atoms with E-state index in [4.69, 9.17) is 0 Å². The third-order valence-electron chi connectivity index (χ3n) is 6.65. The summed E-state index contributed by atoms with van der Waals surface area (Å²) >= 11 is 0. The van der Waals surface area contributed by atoms with Gasteiger partial charge in [0.1, 0.15) is 0 Å². The molecule has 0 aromatic heterocycles. The van der Waals surface area contributed by atoms with Crippen LogP contribution in [0.25, 0.3) is 0 Å². The summed E-state index contributed by atoms with van der Waals surface area (Å²) in [6, 6.07) is 0.909. The second-order valence-electron chi connectivity index (χ2n) is 7.69. The number of hydrogen-bond acceptors (Lipinski definition) is 1. The van der Waals surface area contributed by atoms with Crippen molar-refractivity contribution in [2.45, 2.75) is 64.3 Å². The lowest BCUT2D eigenvalue weighted by Crippen LogP contribution is -2.55. The third-order valence-corrected chi connectivity index (χ3v) is 6.65. The molecule has 5 saturated carbocycles. The van der Waals surface area contributed by atoms with Crippen molar-refractivity contribution in [2.24, 2.45) is 29.1 Å². The van der Waals surface area contributed by atoms with E-state index in [0.717, 1.165) is 35.1 Å². The van der Waals surface area contributed by atoms with E-state index < -0.39 is 0 Å². The Morgan fingerprint density at radius 3 is 2.00 bits per heavy atom. The maximum absolute atomic E-state index is 4.02. The molecule has 4 bridgehead atoms. The molecule has 0 amide bonds. The molecule has 0 heterocycles. The Balaban J connectivity index is 1.41. The van der Waals surface area contributed by atoms with Gasteiger partial charge >= 0.3 is 0 Å². The maximum Gasteiger partial charge on any atom is 0.0124 e. The highest BCUT2D eigenvalue weighted by atomic mass is 15.0. The van der Waals surface area contributed by atoms with Crippen molar-refractivity contribution in [3.8, 4) is 0 Å². The minimum atomic E-state index is 0.731. The van der Waals surface area contributed by atoms with E-state index in [1.54, 1.807) is 32.1 Å². The van der Waals surface area contributed by atoms with Crippen LogP contribution in [-0.2, 0) is 0 Å². The fraction of sp³-hybridized carbons (Fsp3) is 1.00. The molecule has 0 spiro atoms. The van der Waals surface area contributed by atoms with Crippen LogP contribution in [0, 0.1) is 29.1 Å². The van der Waals surface area contributed by atoms with Crippen LogP contribution >= 0.6 is 0 Å². The Morgan fingerprint density at radius 1 is 0.941 bits per heavy atom. The van der Waals surface area contributed by atoms with Crippen molar-refractivity contribution >= 4 is 0 Å². The summed E-state index contributed by atoms with van der Waals surface area (Å²) in [4.78, 5) is 0. The van der Waals surface area contributed by atoms with Gasteiger partial charge in [0.2, 0.25) is 0 Å². The first-order valence-corrected chi connectivity index (χ1v) is 8.01. The summed E-state index contributed by atoms with van der Waals surface area (Å²) in [6.07, 6.45) is 12.2. The van der Waals surface area contributed by atoms with Crippen LogP contribution in [-0.4, -0.2) is 12.6 Å². The first-order chi connectivity index (χ1) is 8.28. The molecule has 0 aliphatic heterocycles. The minimum Gasteiger partial charge on any atom is -0.313 e. The molecule has 0 radical (unpaired) electrons. The van der Waals surface area contributed by atoms with Crippen molar-refractivity contribution in [3.63, 3.8) is 0 Å². The molecule has 96 valence electrons. The zero-order valence-electron chi connectivity index (χ0n) is 11.3. The highest BCUT2D eigenvalue weighted by molar-refractivity contribution is 5.03. The van der Waals surface area contributed by atoms with Gasteiger partial charge in [-0.1, -0.05) is 6.92 Å². The molecule has 0 unspecified atom stereocenters. The monoisotopic (exact) mass is 233 g/mol. The fourth-order valence-electron chi connectivity index (χ4n) is 5.42. The number of nitrogens with one attached hydrogen (secondary N) is 1. The topological polar surface area (TPSA) is 12.0 Å². The highest BCUT2D eigenvalue weighted by Gasteiger charge is 2.49. The second-order valence-corrected chi connectivity index (χ2v) is 7.69. The molecule has 0 atom stereocenters. The largest absolute Gasteiger partial charge is 0.313 e. The van der Waals surface area contributed by atoms with Crippen LogP contribution in [0.1, 0.15) is 58.3 Å². The molecule has 0 aromatic carbocycles. The molecule has 1 nitrogen and oxygen atoms in total. The average molecular weight is 233 g/mol.